The summed E-state index contributed by atoms with van der Waals surface area (Å²) >= 11 is 3.28. The molecule has 2 aromatic carbocycles. The van der Waals surface area contributed by atoms with Gasteiger partial charge in [-0.15, -0.1) is 0 Å². The topological polar surface area (TPSA) is 75.6 Å². The van der Waals surface area contributed by atoms with Gasteiger partial charge in [-0.3, -0.25) is 4.72 Å². The third-order valence-corrected chi connectivity index (χ3v) is 5.52. The molecule has 0 unspecified atom stereocenters. The van der Waals surface area contributed by atoms with Crippen LogP contribution in [0.4, 0.5) is 5.69 Å². The quantitative estimate of drug-likeness (QED) is 0.779. The Hall–Kier alpha value is -1.57. The molecular weight excluding hydrogens is 382 g/mol. The Morgan fingerprint density at radius 3 is 2.57 bits per heavy atom. The molecule has 0 aromatic heterocycles. The number of hydrogen-bond donors (Lipinski definition) is 2. The minimum Gasteiger partial charge on any atom is -0.494 e. The average Bonchev–Trinajstić information content (AvgIpc) is 2.48. The zero-order valence-corrected chi connectivity index (χ0v) is 15.2. The smallest absolute Gasteiger partial charge is 0.263 e. The van der Waals surface area contributed by atoms with Crippen LogP contribution in [0.2, 0.25) is 0 Å². The van der Waals surface area contributed by atoms with E-state index < -0.39 is 10.0 Å². The first kappa shape index (κ1) is 17.8. The number of ether oxygens (including phenoxy) is 1. The molecular formula is C16H18BrNO4S. The molecule has 2 N–H and O–H groups in total. The summed E-state index contributed by atoms with van der Waals surface area (Å²) < 4.78 is 33.4. The molecule has 0 spiro atoms. The van der Waals surface area contributed by atoms with Gasteiger partial charge in [0.2, 0.25) is 0 Å². The van der Waals surface area contributed by atoms with Crippen molar-refractivity contribution >= 4 is 31.6 Å². The Morgan fingerprint density at radius 2 is 1.96 bits per heavy atom. The number of aliphatic hydroxyl groups excluding tert-OH is 1. The highest BCUT2D eigenvalue weighted by molar-refractivity contribution is 9.10. The first-order valence-corrected chi connectivity index (χ1v) is 9.30. The number of hydrogen-bond acceptors (Lipinski definition) is 4. The molecule has 0 aliphatic heterocycles. The molecule has 124 valence electrons. The van der Waals surface area contributed by atoms with Crippen LogP contribution in [0.25, 0.3) is 0 Å². The van der Waals surface area contributed by atoms with E-state index in [0.29, 0.717) is 28.1 Å². The normalized spacial score (nSPS) is 11.3. The summed E-state index contributed by atoms with van der Waals surface area (Å²) in [7, 11) is -3.73. The van der Waals surface area contributed by atoms with Gasteiger partial charge in [-0.1, -0.05) is 6.07 Å². The Morgan fingerprint density at radius 1 is 1.22 bits per heavy atom. The van der Waals surface area contributed by atoms with Crippen LogP contribution in [-0.2, 0) is 16.6 Å². The number of benzene rings is 2. The van der Waals surface area contributed by atoms with Crippen LogP contribution < -0.4 is 9.46 Å². The van der Waals surface area contributed by atoms with Gasteiger partial charge in [0.15, 0.2) is 0 Å². The second kappa shape index (κ2) is 7.33. The molecule has 0 saturated carbocycles. The van der Waals surface area contributed by atoms with E-state index in [1.165, 1.54) is 0 Å². The van der Waals surface area contributed by atoms with E-state index in [9.17, 15) is 13.5 Å². The number of anilines is 1. The van der Waals surface area contributed by atoms with Crippen LogP contribution in [0.15, 0.2) is 45.8 Å². The van der Waals surface area contributed by atoms with E-state index >= 15 is 0 Å². The van der Waals surface area contributed by atoms with Gasteiger partial charge in [0.1, 0.15) is 10.6 Å². The van der Waals surface area contributed by atoms with Gasteiger partial charge in [-0.25, -0.2) is 8.42 Å². The lowest BCUT2D eigenvalue weighted by molar-refractivity contribution is 0.267. The van der Waals surface area contributed by atoms with Crippen molar-refractivity contribution in [2.75, 3.05) is 11.3 Å². The molecule has 0 amide bonds. The fourth-order valence-electron chi connectivity index (χ4n) is 2.10. The summed E-state index contributed by atoms with van der Waals surface area (Å²) in [6.07, 6.45) is 0. The fraction of sp³-hybridized carbons (Fsp3) is 0.250. The lowest BCUT2D eigenvalue weighted by atomic mass is 10.2. The molecule has 0 radical (unpaired) electrons. The van der Waals surface area contributed by atoms with Crippen molar-refractivity contribution < 1.29 is 18.3 Å². The molecule has 0 heterocycles. The molecule has 0 bridgehead atoms. The third-order valence-electron chi connectivity index (χ3n) is 3.16. The molecule has 0 fully saturated rings. The van der Waals surface area contributed by atoms with Crippen molar-refractivity contribution in [2.45, 2.75) is 25.3 Å². The molecule has 0 aliphatic rings. The minimum atomic E-state index is -3.73. The SMILES string of the molecule is CCOc1ccc(NS(=O)(=O)c2ccc(C)cc2Br)cc1CO. The van der Waals surface area contributed by atoms with Crippen molar-refractivity contribution in [1.29, 1.82) is 0 Å². The lowest BCUT2D eigenvalue weighted by Crippen LogP contribution is -2.14. The van der Waals surface area contributed by atoms with Crippen LogP contribution in [0.5, 0.6) is 5.75 Å². The molecule has 0 atom stereocenters. The van der Waals surface area contributed by atoms with Gasteiger partial charge in [-0.05, 0) is 65.7 Å². The standard InChI is InChI=1S/C16H18BrNO4S/c1-3-22-15-6-5-13(9-12(15)10-19)18-23(20,21)16-7-4-11(2)8-14(16)17/h4-9,18-19H,3,10H2,1-2H3. The maximum atomic E-state index is 12.5. The first-order chi connectivity index (χ1) is 10.9. The maximum Gasteiger partial charge on any atom is 0.263 e. The summed E-state index contributed by atoms with van der Waals surface area (Å²) in [5.74, 6) is 0.537. The molecule has 5 nitrogen and oxygen atoms in total. The monoisotopic (exact) mass is 399 g/mol. The van der Waals surface area contributed by atoms with Gasteiger partial charge in [0.25, 0.3) is 10.0 Å². The Labute approximate surface area is 144 Å². The van der Waals surface area contributed by atoms with Crippen molar-refractivity contribution in [1.82, 2.24) is 0 Å². The van der Waals surface area contributed by atoms with Gasteiger partial charge in [0.05, 0.1) is 13.2 Å². The Bertz CT molecular complexity index is 806. The van der Waals surface area contributed by atoms with E-state index in [-0.39, 0.29) is 11.5 Å². The van der Waals surface area contributed by atoms with Gasteiger partial charge < -0.3 is 9.84 Å². The fourth-order valence-corrected chi connectivity index (χ4v) is 4.34. The van der Waals surface area contributed by atoms with Crippen LogP contribution in [-0.4, -0.2) is 20.1 Å². The zero-order chi connectivity index (χ0) is 17.0. The average molecular weight is 400 g/mol. The Balaban J connectivity index is 2.33. The van der Waals surface area contributed by atoms with Crippen LogP contribution in [0.1, 0.15) is 18.1 Å². The van der Waals surface area contributed by atoms with Crippen LogP contribution >= 0.6 is 15.9 Å². The second-order valence-corrected chi connectivity index (χ2v) is 7.46. The van der Waals surface area contributed by atoms with Crippen LogP contribution in [0.3, 0.4) is 0 Å². The molecule has 2 rings (SSSR count). The summed E-state index contributed by atoms with van der Waals surface area (Å²) in [4.78, 5) is 0.155. The largest absolute Gasteiger partial charge is 0.494 e. The lowest BCUT2D eigenvalue weighted by Gasteiger charge is -2.13. The first-order valence-electron chi connectivity index (χ1n) is 7.03. The Kier molecular flexibility index (Phi) is 5.67. The number of aryl methyl sites for hydroxylation is 1. The predicted octanol–water partition coefficient (Wildman–Crippen LogP) is 3.45. The summed E-state index contributed by atoms with van der Waals surface area (Å²) in [5, 5.41) is 9.39. The van der Waals surface area contributed by atoms with E-state index in [2.05, 4.69) is 20.7 Å². The van der Waals surface area contributed by atoms with E-state index in [1.807, 2.05) is 13.8 Å². The van der Waals surface area contributed by atoms with E-state index in [4.69, 9.17) is 4.74 Å². The predicted molar refractivity (Wildman–Crippen MR) is 93.2 cm³/mol. The van der Waals surface area contributed by atoms with Gasteiger partial charge in [-0.2, -0.15) is 0 Å². The molecule has 7 heteroatoms. The highest BCUT2D eigenvalue weighted by Crippen LogP contribution is 2.28. The number of sulfonamides is 1. The minimum absolute atomic E-state index is 0.155. The van der Waals surface area contributed by atoms with Gasteiger partial charge >= 0.3 is 0 Å². The summed E-state index contributed by atoms with van der Waals surface area (Å²) in [5.41, 5.74) is 1.85. The zero-order valence-electron chi connectivity index (χ0n) is 12.8. The van der Waals surface area contributed by atoms with Crippen molar-refractivity contribution in [2.24, 2.45) is 0 Å². The molecule has 2 aromatic rings. The second-order valence-electron chi connectivity index (χ2n) is 4.95. The van der Waals surface area contributed by atoms with Crippen molar-refractivity contribution in [3.05, 3.63) is 52.0 Å². The molecule has 23 heavy (non-hydrogen) atoms. The van der Waals surface area contributed by atoms with Crippen molar-refractivity contribution in [3.8, 4) is 5.75 Å². The summed E-state index contributed by atoms with van der Waals surface area (Å²) in [6, 6.07) is 9.82. The molecule has 0 saturated heterocycles. The number of aliphatic hydroxyl groups is 1. The van der Waals surface area contributed by atoms with Crippen molar-refractivity contribution in [3.63, 3.8) is 0 Å². The van der Waals surface area contributed by atoms with Crippen LogP contribution in [0, 0.1) is 6.92 Å². The maximum absolute atomic E-state index is 12.5. The highest BCUT2D eigenvalue weighted by atomic mass is 79.9. The van der Waals surface area contributed by atoms with E-state index in [0.717, 1.165) is 5.56 Å². The van der Waals surface area contributed by atoms with E-state index in [1.54, 1.807) is 36.4 Å². The third kappa shape index (κ3) is 4.25. The number of rotatable bonds is 6. The highest BCUT2D eigenvalue weighted by Gasteiger charge is 2.18. The summed E-state index contributed by atoms with van der Waals surface area (Å²) in [6.45, 7) is 3.95. The molecule has 0 aliphatic carbocycles. The number of halogens is 1. The van der Waals surface area contributed by atoms with Gasteiger partial charge in [0, 0.05) is 15.7 Å². The number of nitrogens with one attached hydrogen (secondary N) is 1.